The molecule has 2 atom stereocenters. The van der Waals surface area contributed by atoms with Crippen LogP contribution in [-0.4, -0.2) is 77.6 Å². The fourth-order valence-electron chi connectivity index (χ4n) is 5.97. The summed E-state index contributed by atoms with van der Waals surface area (Å²) in [6.07, 6.45) is -8.85. The summed E-state index contributed by atoms with van der Waals surface area (Å²) < 4.78 is 100. The van der Waals surface area contributed by atoms with Crippen LogP contribution in [0.15, 0.2) is 42.5 Å². The number of amides is 2. The van der Waals surface area contributed by atoms with E-state index in [1.807, 2.05) is 0 Å². The number of benzene rings is 2. The zero-order chi connectivity index (χ0) is 32.6. The molecule has 0 saturated carbocycles. The highest BCUT2D eigenvalue weighted by atomic mass is 19.4. The fourth-order valence-corrected chi connectivity index (χ4v) is 5.97. The van der Waals surface area contributed by atoms with E-state index in [2.05, 4.69) is 4.90 Å². The fraction of sp³-hybridized carbons (Fsp3) is 0.548. The Balaban J connectivity index is 1.56. The van der Waals surface area contributed by atoms with Crippen LogP contribution in [0.4, 0.5) is 35.5 Å². The Kier molecular flexibility index (Phi) is 9.58. The second kappa shape index (κ2) is 12.6. The lowest BCUT2D eigenvalue weighted by atomic mass is 9.83. The van der Waals surface area contributed by atoms with Gasteiger partial charge in [0.1, 0.15) is 11.4 Å². The Labute approximate surface area is 251 Å². The number of carbonyl (C=O) groups is 2. The van der Waals surface area contributed by atoms with Gasteiger partial charge in [0.15, 0.2) is 0 Å². The maximum Gasteiger partial charge on any atom is 0.416 e. The first-order chi connectivity index (χ1) is 20.3. The third-order valence-corrected chi connectivity index (χ3v) is 8.19. The van der Waals surface area contributed by atoms with Crippen molar-refractivity contribution in [2.75, 3.05) is 33.2 Å². The summed E-state index contributed by atoms with van der Waals surface area (Å²) in [6, 6.07) is 6.07. The van der Waals surface area contributed by atoms with Crippen molar-refractivity contribution >= 4 is 12.0 Å². The quantitative estimate of drug-likeness (QED) is 0.335. The molecule has 2 aliphatic heterocycles. The van der Waals surface area contributed by atoms with Crippen molar-refractivity contribution in [2.24, 2.45) is 0 Å². The average molecular weight is 632 g/mol. The van der Waals surface area contributed by atoms with Crippen molar-refractivity contribution < 1.29 is 45.1 Å². The first kappa shape index (κ1) is 33.5. The topological polar surface area (TPSA) is 53.1 Å². The summed E-state index contributed by atoms with van der Waals surface area (Å²) in [5.41, 5.74) is -3.78. The van der Waals surface area contributed by atoms with E-state index in [0.29, 0.717) is 63.1 Å². The van der Waals surface area contributed by atoms with Crippen LogP contribution >= 0.6 is 0 Å². The molecule has 2 aromatic rings. The van der Waals surface area contributed by atoms with Crippen molar-refractivity contribution in [1.29, 1.82) is 0 Å². The van der Waals surface area contributed by atoms with Gasteiger partial charge < -0.3 is 14.5 Å². The van der Waals surface area contributed by atoms with Gasteiger partial charge in [0.25, 0.3) is 5.91 Å². The summed E-state index contributed by atoms with van der Waals surface area (Å²) in [5.74, 6) is -1.85. The maximum atomic E-state index is 13.8. The molecule has 6 nitrogen and oxygen atoms in total. The Morgan fingerprint density at radius 3 is 1.89 bits per heavy atom. The van der Waals surface area contributed by atoms with Crippen LogP contribution in [0.25, 0.3) is 0 Å². The summed E-state index contributed by atoms with van der Waals surface area (Å²) in [6.45, 7) is 7.27. The minimum absolute atomic E-state index is 0.00922. The van der Waals surface area contributed by atoms with Gasteiger partial charge in [-0.15, -0.1) is 0 Å². The summed E-state index contributed by atoms with van der Waals surface area (Å²) in [7, 11) is 1.37. The van der Waals surface area contributed by atoms with Gasteiger partial charge in [0, 0.05) is 56.8 Å². The monoisotopic (exact) mass is 631 g/mol. The summed E-state index contributed by atoms with van der Waals surface area (Å²) in [4.78, 5) is 31.1. The van der Waals surface area contributed by atoms with Crippen molar-refractivity contribution in [3.05, 3.63) is 70.5 Å². The summed E-state index contributed by atoms with van der Waals surface area (Å²) >= 11 is 0. The van der Waals surface area contributed by atoms with Crippen molar-refractivity contribution in [1.82, 2.24) is 14.7 Å². The predicted molar refractivity (Wildman–Crippen MR) is 148 cm³/mol. The molecule has 13 heteroatoms. The number of likely N-dealkylation sites (N-methyl/N-ethyl adjacent to an activating group) is 1. The first-order valence-corrected chi connectivity index (χ1v) is 14.4. The molecule has 44 heavy (non-hydrogen) atoms. The van der Waals surface area contributed by atoms with Crippen LogP contribution < -0.4 is 0 Å². The molecule has 2 aliphatic rings. The zero-order valence-corrected chi connectivity index (χ0v) is 24.9. The molecule has 0 radical (unpaired) electrons. The molecular weight excluding hydrogens is 595 g/mol. The number of rotatable bonds is 4. The SMILES string of the molecule is CN(C(=O)c1cc(C(F)(F)F)cc(C(F)(F)F)c1)[C@@H]1CCN(C2CCN(C(=O)OC(C)(C)C)CC2)C[C@H]1c1ccc(F)cc1. The number of nitrogens with zero attached hydrogens (tertiary/aromatic N) is 3. The highest BCUT2D eigenvalue weighted by Crippen LogP contribution is 2.38. The first-order valence-electron chi connectivity index (χ1n) is 14.4. The van der Waals surface area contributed by atoms with E-state index in [4.69, 9.17) is 4.74 Å². The number of hydrogen-bond acceptors (Lipinski definition) is 4. The normalized spacial score (nSPS) is 20.8. The lowest BCUT2D eigenvalue weighted by Crippen LogP contribution is -2.55. The summed E-state index contributed by atoms with van der Waals surface area (Å²) in [5, 5.41) is 0. The molecule has 242 valence electrons. The third kappa shape index (κ3) is 8.02. The molecule has 0 aromatic heterocycles. The Bertz CT molecular complexity index is 1300. The number of piperidine rings is 2. The van der Waals surface area contributed by atoms with Crippen LogP contribution in [0.1, 0.15) is 73.0 Å². The average Bonchev–Trinajstić information content (AvgIpc) is 2.94. The molecule has 2 saturated heterocycles. The number of carbonyl (C=O) groups excluding carboxylic acids is 2. The largest absolute Gasteiger partial charge is 0.444 e. The molecule has 0 spiro atoms. The molecule has 2 fully saturated rings. The highest BCUT2D eigenvalue weighted by Gasteiger charge is 2.41. The van der Waals surface area contributed by atoms with Gasteiger partial charge in [-0.25, -0.2) is 9.18 Å². The number of halogens is 7. The Hall–Kier alpha value is -3.35. The molecule has 0 N–H and O–H groups in total. The number of ether oxygens (including phenoxy) is 1. The van der Waals surface area contributed by atoms with Gasteiger partial charge in [0.2, 0.25) is 0 Å². The van der Waals surface area contributed by atoms with Crippen molar-refractivity contribution in [3.8, 4) is 0 Å². The van der Waals surface area contributed by atoms with Crippen LogP contribution in [0.5, 0.6) is 0 Å². The predicted octanol–water partition coefficient (Wildman–Crippen LogP) is 7.19. The van der Waals surface area contributed by atoms with Gasteiger partial charge in [-0.2, -0.15) is 26.3 Å². The van der Waals surface area contributed by atoms with E-state index in [0.717, 1.165) is 0 Å². The number of likely N-dealkylation sites (tertiary alicyclic amines) is 2. The lowest BCUT2D eigenvalue weighted by molar-refractivity contribution is -0.143. The second-order valence-electron chi connectivity index (χ2n) is 12.4. The van der Waals surface area contributed by atoms with E-state index in [1.165, 1.54) is 24.1 Å². The van der Waals surface area contributed by atoms with Gasteiger partial charge in [-0.1, -0.05) is 12.1 Å². The van der Waals surface area contributed by atoms with E-state index < -0.39 is 58.3 Å². The Morgan fingerprint density at radius 1 is 0.841 bits per heavy atom. The third-order valence-electron chi connectivity index (χ3n) is 8.19. The van der Waals surface area contributed by atoms with E-state index in [9.17, 15) is 40.3 Å². The van der Waals surface area contributed by atoms with Crippen LogP contribution in [0.2, 0.25) is 0 Å². The molecule has 4 rings (SSSR count). The number of hydrogen-bond donors (Lipinski definition) is 0. The molecule has 2 heterocycles. The maximum absolute atomic E-state index is 13.8. The zero-order valence-electron chi connectivity index (χ0n) is 24.9. The van der Waals surface area contributed by atoms with Crippen LogP contribution in [0.3, 0.4) is 0 Å². The molecule has 2 amide bonds. The molecule has 0 unspecified atom stereocenters. The minimum atomic E-state index is -5.09. The molecule has 0 aliphatic carbocycles. The lowest BCUT2D eigenvalue weighted by Gasteiger charge is -2.47. The van der Waals surface area contributed by atoms with Gasteiger partial charge in [0.05, 0.1) is 11.1 Å². The molecular formula is C31H36F7N3O3. The molecule has 2 aromatic carbocycles. The number of alkyl halides is 6. The van der Waals surface area contributed by atoms with Crippen LogP contribution in [0, 0.1) is 5.82 Å². The highest BCUT2D eigenvalue weighted by molar-refractivity contribution is 5.95. The van der Waals surface area contributed by atoms with Crippen LogP contribution in [-0.2, 0) is 17.1 Å². The Morgan fingerprint density at radius 2 is 1.39 bits per heavy atom. The van der Waals surface area contributed by atoms with Crippen molar-refractivity contribution in [2.45, 2.75) is 76.0 Å². The van der Waals surface area contributed by atoms with Crippen molar-refractivity contribution in [3.63, 3.8) is 0 Å². The standard InChI is InChI=1S/C31H36F7N3O3/c1-29(2,3)44-28(43)40-12-9-24(10-13-40)41-14-11-26(25(18-41)19-5-7-23(32)8-6-19)39(4)27(42)20-15-21(30(33,34)35)17-22(16-20)31(36,37)38/h5-8,15-17,24-26H,9-14,18H2,1-4H3/t25-,26+/m0/s1. The van der Waals surface area contributed by atoms with Gasteiger partial charge in [-0.3, -0.25) is 9.69 Å². The van der Waals surface area contributed by atoms with E-state index in [-0.39, 0.29) is 18.2 Å². The minimum Gasteiger partial charge on any atom is -0.444 e. The van der Waals surface area contributed by atoms with Gasteiger partial charge >= 0.3 is 18.4 Å². The van der Waals surface area contributed by atoms with E-state index >= 15 is 0 Å². The second-order valence-corrected chi connectivity index (χ2v) is 12.4. The van der Waals surface area contributed by atoms with E-state index in [1.54, 1.807) is 37.8 Å². The van der Waals surface area contributed by atoms with Gasteiger partial charge in [-0.05, 0) is 75.9 Å². The smallest absolute Gasteiger partial charge is 0.416 e. The molecule has 0 bridgehead atoms.